The molecule has 0 N–H and O–H groups in total. The van der Waals surface area contributed by atoms with Crippen LogP contribution in [0, 0.1) is 0 Å². The summed E-state index contributed by atoms with van der Waals surface area (Å²) in [5.74, 6) is 0.308. The molecule has 0 bridgehead atoms. The maximum absolute atomic E-state index is 12.3. The Labute approximate surface area is 134 Å². The zero-order valence-electron chi connectivity index (χ0n) is 13.5. The minimum Gasteiger partial charge on any atom is -0.228 e. The minimum atomic E-state index is -3.08. The van der Waals surface area contributed by atoms with E-state index in [-0.39, 0.29) is 16.9 Å². The number of sulfone groups is 1. The first-order valence-electron chi connectivity index (χ1n) is 7.60. The van der Waals surface area contributed by atoms with Gasteiger partial charge in [0.1, 0.15) is 0 Å². The zero-order valence-corrected chi connectivity index (χ0v) is 14.4. The molecule has 0 aliphatic heterocycles. The van der Waals surface area contributed by atoms with Crippen molar-refractivity contribution in [3.63, 3.8) is 0 Å². The van der Waals surface area contributed by atoms with E-state index in [2.05, 4.69) is 20.8 Å². The lowest BCUT2D eigenvalue weighted by Crippen LogP contribution is -2.13. The Morgan fingerprint density at radius 2 is 1.41 bits per heavy atom. The van der Waals surface area contributed by atoms with Gasteiger partial charge in [-0.2, -0.15) is 0 Å². The van der Waals surface area contributed by atoms with Gasteiger partial charge in [0, 0.05) is 0 Å². The van der Waals surface area contributed by atoms with Gasteiger partial charge in [0.15, 0.2) is 9.84 Å². The molecule has 0 aliphatic rings. The summed E-state index contributed by atoms with van der Waals surface area (Å²) >= 11 is 0. The third-order valence-electron chi connectivity index (χ3n) is 3.75. The van der Waals surface area contributed by atoms with Crippen LogP contribution in [-0.4, -0.2) is 14.2 Å². The molecule has 0 aromatic heterocycles. The highest BCUT2D eigenvalue weighted by molar-refractivity contribution is 7.90. The predicted octanol–water partition coefficient (Wildman–Crippen LogP) is 4.14. The van der Waals surface area contributed by atoms with Gasteiger partial charge in [-0.15, -0.1) is 0 Å². The molecule has 2 aromatic rings. The first-order chi connectivity index (χ1) is 10.3. The van der Waals surface area contributed by atoms with E-state index in [0.29, 0.717) is 6.42 Å². The van der Waals surface area contributed by atoms with Gasteiger partial charge in [-0.1, -0.05) is 75.4 Å². The van der Waals surface area contributed by atoms with Crippen molar-refractivity contribution >= 4 is 9.84 Å². The number of benzene rings is 2. The fourth-order valence-electron chi connectivity index (χ4n) is 2.35. The molecule has 118 valence electrons. The molecule has 2 nitrogen and oxygen atoms in total. The van der Waals surface area contributed by atoms with Crippen molar-refractivity contribution in [1.82, 2.24) is 0 Å². The Bertz CT molecular complexity index is 693. The third kappa shape index (κ3) is 4.99. The highest BCUT2D eigenvalue weighted by atomic mass is 32.2. The molecule has 0 heterocycles. The van der Waals surface area contributed by atoms with E-state index in [4.69, 9.17) is 0 Å². The lowest BCUT2D eigenvalue weighted by Gasteiger charge is -2.19. The fourth-order valence-corrected chi connectivity index (χ4v) is 3.74. The smallest absolute Gasteiger partial charge is 0.154 e. The van der Waals surface area contributed by atoms with Gasteiger partial charge < -0.3 is 0 Å². The second kappa shape index (κ2) is 6.66. The molecule has 0 atom stereocenters. The molecule has 0 amide bonds. The molecule has 3 heteroatoms. The summed E-state index contributed by atoms with van der Waals surface area (Å²) in [5, 5.41) is 0. The zero-order chi connectivity index (χ0) is 16.2. The summed E-state index contributed by atoms with van der Waals surface area (Å²) in [6, 6.07) is 17.7. The van der Waals surface area contributed by atoms with Crippen molar-refractivity contribution in [2.24, 2.45) is 0 Å². The first kappa shape index (κ1) is 16.8. The van der Waals surface area contributed by atoms with Crippen molar-refractivity contribution < 1.29 is 8.42 Å². The van der Waals surface area contributed by atoms with Crippen LogP contribution in [0.2, 0.25) is 0 Å². The van der Waals surface area contributed by atoms with Crippen LogP contribution in [0.1, 0.15) is 37.5 Å². The molecule has 0 fully saturated rings. The van der Waals surface area contributed by atoms with E-state index in [1.54, 1.807) is 0 Å². The summed E-state index contributed by atoms with van der Waals surface area (Å²) in [7, 11) is -3.08. The van der Waals surface area contributed by atoms with Crippen molar-refractivity contribution in [1.29, 1.82) is 0 Å². The van der Waals surface area contributed by atoms with Crippen molar-refractivity contribution in [3.05, 3.63) is 71.3 Å². The molecule has 0 saturated heterocycles. The van der Waals surface area contributed by atoms with Gasteiger partial charge in [-0.05, 0) is 28.5 Å². The molecule has 22 heavy (non-hydrogen) atoms. The third-order valence-corrected chi connectivity index (χ3v) is 5.35. The molecule has 2 aromatic carbocycles. The highest BCUT2D eigenvalue weighted by Gasteiger charge is 2.15. The van der Waals surface area contributed by atoms with Crippen LogP contribution in [0.15, 0.2) is 54.6 Å². The average Bonchev–Trinajstić information content (AvgIpc) is 2.46. The summed E-state index contributed by atoms with van der Waals surface area (Å²) in [6.45, 7) is 6.45. The second-order valence-electron chi connectivity index (χ2n) is 6.77. The van der Waals surface area contributed by atoms with Gasteiger partial charge in [-0.3, -0.25) is 0 Å². The Kier molecular flexibility index (Phi) is 5.07. The van der Waals surface area contributed by atoms with Gasteiger partial charge >= 0.3 is 0 Å². The summed E-state index contributed by atoms with van der Waals surface area (Å²) < 4.78 is 24.5. The Balaban J connectivity index is 2.00. The number of aryl methyl sites for hydroxylation is 1. The Morgan fingerprint density at radius 3 is 1.95 bits per heavy atom. The normalized spacial score (nSPS) is 12.3. The standard InChI is InChI=1S/C19H24O2S/c1-19(2,3)18-11-9-17(10-12-18)15-22(20,21)14-13-16-7-5-4-6-8-16/h4-12H,13-15H2,1-3H3. The Morgan fingerprint density at radius 1 is 0.818 bits per heavy atom. The van der Waals surface area contributed by atoms with Crippen LogP contribution in [0.5, 0.6) is 0 Å². The quantitative estimate of drug-likeness (QED) is 0.830. The Hall–Kier alpha value is -1.61. The van der Waals surface area contributed by atoms with Crippen LogP contribution >= 0.6 is 0 Å². The largest absolute Gasteiger partial charge is 0.228 e. The predicted molar refractivity (Wildman–Crippen MR) is 92.8 cm³/mol. The number of hydrogen-bond donors (Lipinski definition) is 0. The van der Waals surface area contributed by atoms with Crippen molar-refractivity contribution in [2.45, 2.75) is 38.4 Å². The van der Waals surface area contributed by atoms with Crippen LogP contribution in [0.4, 0.5) is 0 Å². The lowest BCUT2D eigenvalue weighted by atomic mass is 9.87. The monoisotopic (exact) mass is 316 g/mol. The molecule has 0 saturated carbocycles. The summed E-state index contributed by atoms with van der Waals surface area (Å²) in [5.41, 5.74) is 3.23. The van der Waals surface area contributed by atoms with Crippen LogP contribution in [0.25, 0.3) is 0 Å². The van der Waals surface area contributed by atoms with E-state index < -0.39 is 9.84 Å². The van der Waals surface area contributed by atoms with Crippen LogP contribution < -0.4 is 0 Å². The van der Waals surface area contributed by atoms with E-state index in [1.807, 2.05) is 54.6 Å². The topological polar surface area (TPSA) is 34.1 Å². The first-order valence-corrected chi connectivity index (χ1v) is 9.42. The van der Waals surface area contributed by atoms with Gasteiger partial charge in [0.2, 0.25) is 0 Å². The summed E-state index contributed by atoms with van der Waals surface area (Å²) in [6.07, 6.45) is 0.573. The molecule has 2 rings (SSSR count). The fraction of sp³-hybridized carbons (Fsp3) is 0.368. The highest BCUT2D eigenvalue weighted by Crippen LogP contribution is 2.22. The van der Waals surface area contributed by atoms with Crippen molar-refractivity contribution in [3.8, 4) is 0 Å². The van der Waals surface area contributed by atoms with E-state index in [0.717, 1.165) is 11.1 Å². The molecular weight excluding hydrogens is 292 g/mol. The van der Waals surface area contributed by atoms with Gasteiger partial charge in [0.25, 0.3) is 0 Å². The number of hydrogen-bond acceptors (Lipinski definition) is 2. The maximum atomic E-state index is 12.3. The van der Waals surface area contributed by atoms with E-state index in [9.17, 15) is 8.42 Å². The molecular formula is C19H24O2S. The number of rotatable bonds is 5. The summed E-state index contributed by atoms with van der Waals surface area (Å²) in [4.78, 5) is 0. The van der Waals surface area contributed by atoms with Gasteiger partial charge in [0.05, 0.1) is 11.5 Å². The molecule has 0 unspecified atom stereocenters. The molecule has 0 spiro atoms. The maximum Gasteiger partial charge on any atom is 0.154 e. The van der Waals surface area contributed by atoms with E-state index >= 15 is 0 Å². The SMILES string of the molecule is CC(C)(C)c1ccc(CS(=O)(=O)CCc2ccccc2)cc1. The average molecular weight is 316 g/mol. The van der Waals surface area contributed by atoms with E-state index in [1.165, 1.54) is 5.56 Å². The second-order valence-corrected chi connectivity index (χ2v) is 8.96. The minimum absolute atomic E-state index is 0.0880. The van der Waals surface area contributed by atoms with Crippen molar-refractivity contribution in [2.75, 3.05) is 5.75 Å². The van der Waals surface area contributed by atoms with Crippen LogP contribution in [-0.2, 0) is 27.4 Å². The molecule has 0 aliphatic carbocycles. The van der Waals surface area contributed by atoms with Crippen LogP contribution in [0.3, 0.4) is 0 Å². The van der Waals surface area contributed by atoms with Gasteiger partial charge in [-0.25, -0.2) is 8.42 Å². The molecule has 0 radical (unpaired) electrons. The lowest BCUT2D eigenvalue weighted by molar-refractivity contribution is 0.589.